The lowest BCUT2D eigenvalue weighted by molar-refractivity contribution is -0.118. The van der Waals surface area contributed by atoms with E-state index in [9.17, 15) is 9.59 Å². The van der Waals surface area contributed by atoms with Crippen LogP contribution in [0.25, 0.3) is 0 Å². The van der Waals surface area contributed by atoms with Crippen molar-refractivity contribution in [3.63, 3.8) is 0 Å². The predicted octanol–water partition coefficient (Wildman–Crippen LogP) is 1.88. The minimum absolute atomic E-state index is 0.00227. The molecule has 0 spiro atoms. The number of carboxylic acid groups (broad SMARTS) is 1. The normalized spacial score (nSPS) is 21.4. The van der Waals surface area contributed by atoms with Gasteiger partial charge in [0, 0.05) is 11.7 Å². The third-order valence-electron chi connectivity index (χ3n) is 2.92. The van der Waals surface area contributed by atoms with E-state index in [2.05, 4.69) is 5.32 Å². The van der Waals surface area contributed by atoms with Crippen molar-refractivity contribution < 1.29 is 14.7 Å². The molecule has 0 aliphatic heterocycles. The van der Waals surface area contributed by atoms with Crippen LogP contribution in [-0.4, -0.2) is 23.0 Å². The van der Waals surface area contributed by atoms with Crippen LogP contribution in [0.1, 0.15) is 16.8 Å². The Morgan fingerprint density at radius 2 is 2.11 bits per heavy atom. The Labute approximate surface area is 115 Å². The standard InChI is InChI=1S/C13H13ClN2O3/c14-11-6-9(3-4-10(11)13(18)19)16-12(17)7-1-2-8(15)5-7/h1-4,6-8H,5,15H2,(H,16,17)(H,18,19). The number of carboxylic acids is 1. The Balaban J connectivity index is 2.08. The number of hydrogen-bond donors (Lipinski definition) is 3. The van der Waals surface area contributed by atoms with Gasteiger partial charge in [0.2, 0.25) is 5.91 Å². The van der Waals surface area contributed by atoms with Crippen LogP contribution in [0.4, 0.5) is 5.69 Å². The molecule has 5 nitrogen and oxygen atoms in total. The van der Waals surface area contributed by atoms with Crippen LogP contribution < -0.4 is 11.1 Å². The molecule has 1 aromatic rings. The summed E-state index contributed by atoms with van der Waals surface area (Å²) >= 11 is 5.82. The van der Waals surface area contributed by atoms with Gasteiger partial charge in [0.05, 0.1) is 16.5 Å². The van der Waals surface area contributed by atoms with Crippen molar-refractivity contribution in [3.8, 4) is 0 Å². The highest BCUT2D eigenvalue weighted by Crippen LogP contribution is 2.23. The second-order valence-corrected chi connectivity index (χ2v) is 4.79. The number of rotatable bonds is 3. The van der Waals surface area contributed by atoms with Crippen molar-refractivity contribution in [3.05, 3.63) is 40.9 Å². The molecule has 1 aliphatic rings. The van der Waals surface area contributed by atoms with E-state index in [1.807, 2.05) is 0 Å². The van der Waals surface area contributed by atoms with Crippen LogP contribution in [0.5, 0.6) is 0 Å². The Hall–Kier alpha value is -1.85. The number of amides is 1. The largest absolute Gasteiger partial charge is 0.478 e. The summed E-state index contributed by atoms with van der Waals surface area (Å²) in [6.07, 6.45) is 4.14. The third kappa shape index (κ3) is 3.13. The fourth-order valence-corrected chi connectivity index (χ4v) is 2.18. The summed E-state index contributed by atoms with van der Waals surface area (Å²) in [5, 5.41) is 11.6. The number of carbonyl (C=O) groups excluding carboxylic acids is 1. The summed E-state index contributed by atoms with van der Waals surface area (Å²) < 4.78 is 0. The van der Waals surface area contributed by atoms with Crippen LogP contribution in [0.3, 0.4) is 0 Å². The van der Waals surface area contributed by atoms with E-state index >= 15 is 0 Å². The summed E-state index contributed by atoms with van der Waals surface area (Å²) in [6.45, 7) is 0. The molecule has 0 saturated heterocycles. The number of carbonyl (C=O) groups is 2. The molecule has 0 heterocycles. The first-order chi connectivity index (χ1) is 8.97. The van der Waals surface area contributed by atoms with Crippen LogP contribution in [0, 0.1) is 5.92 Å². The maximum Gasteiger partial charge on any atom is 0.337 e. The highest BCUT2D eigenvalue weighted by molar-refractivity contribution is 6.33. The predicted molar refractivity (Wildman–Crippen MR) is 72.3 cm³/mol. The van der Waals surface area contributed by atoms with Crippen molar-refractivity contribution in [1.82, 2.24) is 0 Å². The molecule has 2 rings (SSSR count). The van der Waals surface area contributed by atoms with Gasteiger partial charge in [-0.25, -0.2) is 4.79 Å². The molecule has 0 aromatic heterocycles. The second-order valence-electron chi connectivity index (χ2n) is 4.38. The molecule has 1 aliphatic carbocycles. The third-order valence-corrected chi connectivity index (χ3v) is 3.23. The number of aromatic carboxylic acids is 1. The molecule has 2 atom stereocenters. The van der Waals surface area contributed by atoms with Crippen LogP contribution in [-0.2, 0) is 4.79 Å². The second kappa shape index (κ2) is 5.42. The number of hydrogen-bond acceptors (Lipinski definition) is 3. The number of nitrogens with one attached hydrogen (secondary N) is 1. The zero-order valence-corrected chi connectivity index (χ0v) is 10.7. The number of nitrogens with two attached hydrogens (primary N) is 1. The summed E-state index contributed by atoms with van der Waals surface area (Å²) in [4.78, 5) is 22.7. The fraction of sp³-hybridized carbons (Fsp3) is 0.231. The monoisotopic (exact) mass is 280 g/mol. The Kier molecular flexibility index (Phi) is 3.87. The highest BCUT2D eigenvalue weighted by atomic mass is 35.5. The highest BCUT2D eigenvalue weighted by Gasteiger charge is 2.22. The molecule has 0 fully saturated rings. The summed E-state index contributed by atoms with van der Waals surface area (Å²) in [7, 11) is 0. The zero-order valence-electron chi connectivity index (χ0n) is 9.97. The lowest BCUT2D eigenvalue weighted by Crippen LogP contribution is -2.24. The lowest BCUT2D eigenvalue weighted by Gasteiger charge is -2.11. The summed E-state index contributed by atoms with van der Waals surface area (Å²) in [5.74, 6) is -1.54. The first-order valence-corrected chi connectivity index (χ1v) is 6.13. The molecule has 2 unspecified atom stereocenters. The maximum absolute atomic E-state index is 11.9. The minimum Gasteiger partial charge on any atom is -0.478 e. The van der Waals surface area contributed by atoms with Crippen molar-refractivity contribution in [1.29, 1.82) is 0 Å². The van der Waals surface area contributed by atoms with Gasteiger partial charge in [-0.05, 0) is 24.6 Å². The number of anilines is 1. The first kappa shape index (κ1) is 13.6. The quantitative estimate of drug-likeness (QED) is 0.737. The maximum atomic E-state index is 11.9. The van der Waals surface area contributed by atoms with Crippen LogP contribution in [0.15, 0.2) is 30.4 Å². The van der Waals surface area contributed by atoms with Gasteiger partial charge < -0.3 is 16.2 Å². The molecular formula is C13H13ClN2O3. The molecule has 6 heteroatoms. The molecular weight excluding hydrogens is 268 g/mol. The number of benzene rings is 1. The van der Waals surface area contributed by atoms with Crippen molar-refractivity contribution in [2.45, 2.75) is 12.5 Å². The van der Waals surface area contributed by atoms with E-state index in [4.69, 9.17) is 22.4 Å². The van der Waals surface area contributed by atoms with E-state index in [0.29, 0.717) is 12.1 Å². The summed E-state index contributed by atoms with van der Waals surface area (Å²) in [5.41, 5.74) is 6.15. The van der Waals surface area contributed by atoms with Gasteiger partial charge in [0.15, 0.2) is 0 Å². The Morgan fingerprint density at radius 1 is 1.37 bits per heavy atom. The Morgan fingerprint density at radius 3 is 2.63 bits per heavy atom. The molecule has 100 valence electrons. The van der Waals surface area contributed by atoms with Crippen LogP contribution in [0.2, 0.25) is 5.02 Å². The molecule has 0 saturated carbocycles. The summed E-state index contributed by atoms with van der Waals surface area (Å²) in [6, 6.07) is 4.19. The SMILES string of the molecule is NC1C=CC(C(=O)Nc2ccc(C(=O)O)c(Cl)c2)C1. The fourth-order valence-electron chi connectivity index (χ4n) is 1.92. The van der Waals surface area contributed by atoms with Gasteiger partial charge in [0.1, 0.15) is 0 Å². The van der Waals surface area contributed by atoms with Crippen molar-refractivity contribution >= 4 is 29.2 Å². The molecule has 0 bridgehead atoms. The van der Waals surface area contributed by atoms with E-state index in [1.165, 1.54) is 18.2 Å². The van der Waals surface area contributed by atoms with Gasteiger partial charge in [-0.1, -0.05) is 23.8 Å². The van der Waals surface area contributed by atoms with Gasteiger partial charge in [-0.3, -0.25) is 4.79 Å². The first-order valence-electron chi connectivity index (χ1n) is 5.75. The van der Waals surface area contributed by atoms with Gasteiger partial charge in [0.25, 0.3) is 0 Å². The van der Waals surface area contributed by atoms with Crippen molar-refractivity contribution in [2.75, 3.05) is 5.32 Å². The zero-order chi connectivity index (χ0) is 14.0. The van der Waals surface area contributed by atoms with Gasteiger partial charge in [-0.15, -0.1) is 0 Å². The van der Waals surface area contributed by atoms with Crippen molar-refractivity contribution in [2.24, 2.45) is 11.7 Å². The average Bonchev–Trinajstić information content (AvgIpc) is 2.75. The average molecular weight is 281 g/mol. The molecule has 1 amide bonds. The van der Waals surface area contributed by atoms with Crippen LogP contribution >= 0.6 is 11.6 Å². The smallest absolute Gasteiger partial charge is 0.337 e. The molecule has 1 aromatic carbocycles. The van der Waals surface area contributed by atoms with Gasteiger partial charge >= 0.3 is 5.97 Å². The molecule has 19 heavy (non-hydrogen) atoms. The Bertz CT molecular complexity index is 557. The molecule has 0 radical (unpaired) electrons. The van der Waals surface area contributed by atoms with E-state index < -0.39 is 5.97 Å². The minimum atomic E-state index is -1.10. The van der Waals surface area contributed by atoms with E-state index in [0.717, 1.165) is 0 Å². The van der Waals surface area contributed by atoms with E-state index in [-0.39, 0.29) is 28.5 Å². The lowest BCUT2D eigenvalue weighted by atomic mass is 10.1. The topological polar surface area (TPSA) is 92.4 Å². The number of halogens is 1. The van der Waals surface area contributed by atoms with Gasteiger partial charge in [-0.2, -0.15) is 0 Å². The molecule has 4 N–H and O–H groups in total. The van der Waals surface area contributed by atoms with E-state index in [1.54, 1.807) is 12.2 Å².